The smallest absolute Gasteiger partial charge is 0.255 e. The summed E-state index contributed by atoms with van der Waals surface area (Å²) in [4.78, 5) is 12.8. The van der Waals surface area contributed by atoms with Gasteiger partial charge in [-0.15, -0.1) is 0 Å². The molecule has 146 valence electrons. The number of rotatable bonds is 8. The highest BCUT2D eigenvalue weighted by molar-refractivity contribution is 7.89. The van der Waals surface area contributed by atoms with Crippen molar-refractivity contribution in [2.75, 3.05) is 18.4 Å². The zero-order valence-corrected chi connectivity index (χ0v) is 17.3. The van der Waals surface area contributed by atoms with Crippen LogP contribution in [0.1, 0.15) is 48.2 Å². The minimum absolute atomic E-state index is 0.151. The van der Waals surface area contributed by atoms with Gasteiger partial charge in [0.2, 0.25) is 10.0 Å². The highest BCUT2D eigenvalue weighted by Crippen LogP contribution is 2.21. The molecule has 5 nitrogen and oxygen atoms in total. The van der Waals surface area contributed by atoms with Gasteiger partial charge in [-0.3, -0.25) is 4.79 Å². The van der Waals surface area contributed by atoms with Crippen molar-refractivity contribution < 1.29 is 13.2 Å². The Balaban J connectivity index is 2.31. The number of benzene rings is 2. The average molecular weight is 389 g/mol. The number of aryl methyl sites for hydroxylation is 1. The summed E-state index contributed by atoms with van der Waals surface area (Å²) in [5.74, 6) is -0.321. The second kappa shape index (κ2) is 9.15. The molecule has 1 N–H and O–H groups in total. The summed E-state index contributed by atoms with van der Waals surface area (Å²) in [6, 6.07) is 11.9. The highest BCUT2D eigenvalue weighted by atomic mass is 32.2. The second-order valence-corrected chi connectivity index (χ2v) is 8.57. The quantitative estimate of drug-likeness (QED) is 0.730. The third-order valence-electron chi connectivity index (χ3n) is 4.53. The summed E-state index contributed by atoms with van der Waals surface area (Å²) >= 11 is 0. The van der Waals surface area contributed by atoms with Crippen LogP contribution in [0.2, 0.25) is 0 Å². The molecule has 2 rings (SSSR count). The molecule has 0 saturated heterocycles. The number of hydrogen-bond acceptors (Lipinski definition) is 3. The number of hydrogen-bond donors (Lipinski definition) is 1. The first kappa shape index (κ1) is 21.1. The summed E-state index contributed by atoms with van der Waals surface area (Å²) in [6.07, 6.45) is 1.48. The summed E-state index contributed by atoms with van der Waals surface area (Å²) < 4.78 is 27.4. The molecule has 0 heterocycles. The summed E-state index contributed by atoms with van der Waals surface area (Å²) in [5, 5.41) is 2.88. The van der Waals surface area contributed by atoms with Crippen LogP contribution in [0.5, 0.6) is 0 Å². The fraction of sp³-hybridized carbons (Fsp3) is 0.381. The van der Waals surface area contributed by atoms with Gasteiger partial charge in [0.1, 0.15) is 0 Å². The topological polar surface area (TPSA) is 66.5 Å². The van der Waals surface area contributed by atoms with E-state index in [1.807, 2.05) is 45.9 Å². The van der Waals surface area contributed by atoms with Crippen molar-refractivity contribution in [3.8, 4) is 0 Å². The van der Waals surface area contributed by atoms with E-state index in [1.54, 1.807) is 18.2 Å². The minimum atomic E-state index is -3.62. The Hall–Kier alpha value is -2.18. The molecule has 6 heteroatoms. The van der Waals surface area contributed by atoms with Crippen LogP contribution in [0.15, 0.2) is 47.4 Å². The van der Waals surface area contributed by atoms with Gasteiger partial charge in [-0.2, -0.15) is 4.31 Å². The number of nitrogens with one attached hydrogen (secondary N) is 1. The van der Waals surface area contributed by atoms with Gasteiger partial charge in [-0.1, -0.05) is 32.0 Å². The van der Waals surface area contributed by atoms with Crippen molar-refractivity contribution in [3.63, 3.8) is 0 Å². The Morgan fingerprint density at radius 3 is 2.26 bits per heavy atom. The third-order valence-corrected chi connectivity index (χ3v) is 6.43. The fourth-order valence-corrected chi connectivity index (χ4v) is 4.55. The minimum Gasteiger partial charge on any atom is -0.322 e. The maximum Gasteiger partial charge on any atom is 0.255 e. The number of carbonyl (C=O) groups excluding carboxylic acids is 1. The van der Waals surface area contributed by atoms with E-state index in [4.69, 9.17) is 0 Å². The van der Waals surface area contributed by atoms with E-state index in [1.165, 1.54) is 10.4 Å². The standard InChI is InChI=1S/C21H28N2O3S/c1-5-13-23(14-6-2)27(25,26)19-11-8-10-18(15-19)21(24)22-20-12-7-9-16(3)17(20)4/h7-12,15H,5-6,13-14H2,1-4H3,(H,22,24). The Labute approximate surface area is 162 Å². The van der Waals surface area contributed by atoms with E-state index >= 15 is 0 Å². The molecule has 0 saturated carbocycles. The van der Waals surface area contributed by atoms with Crippen molar-refractivity contribution in [2.24, 2.45) is 0 Å². The second-order valence-electron chi connectivity index (χ2n) is 6.63. The monoisotopic (exact) mass is 388 g/mol. The van der Waals surface area contributed by atoms with Crippen LogP contribution in [-0.2, 0) is 10.0 Å². The number of carbonyl (C=O) groups is 1. The first-order chi connectivity index (χ1) is 12.8. The molecular weight excluding hydrogens is 360 g/mol. The lowest BCUT2D eigenvalue weighted by Crippen LogP contribution is -2.32. The number of anilines is 1. The van der Waals surface area contributed by atoms with E-state index < -0.39 is 10.0 Å². The molecule has 0 bridgehead atoms. The molecule has 0 aliphatic heterocycles. The van der Waals surface area contributed by atoms with Crippen molar-refractivity contribution in [2.45, 2.75) is 45.4 Å². The van der Waals surface area contributed by atoms with E-state index in [9.17, 15) is 13.2 Å². The van der Waals surface area contributed by atoms with Gasteiger partial charge in [-0.25, -0.2) is 8.42 Å². The maximum absolute atomic E-state index is 12.9. The fourth-order valence-electron chi connectivity index (χ4n) is 2.88. The van der Waals surface area contributed by atoms with Crippen LogP contribution in [0.4, 0.5) is 5.69 Å². The molecule has 0 radical (unpaired) electrons. The number of sulfonamides is 1. The zero-order valence-electron chi connectivity index (χ0n) is 16.5. The van der Waals surface area contributed by atoms with E-state index in [0.717, 1.165) is 29.7 Å². The van der Waals surface area contributed by atoms with Gasteiger partial charge in [0, 0.05) is 24.3 Å². The van der Waals surface area contributed by atoms with E-state index in [2.05, 4.69) is 5.32 Å². The Morgan fingerprint density at radius 2 is 1.63 bits per heavy atom. The lowest BCUT2D eigenvalue weighted by molar-refractivity contribution is 0.102. The van der Waals surface area contributed by atoms with Crippen LogP contribution >= 0.6 is 0 Å². The SMILES string of the molecule is CCCN(CCC)S(=O)(=O)c1cccc(C(=O)Nc2cccc(C)c2C)c1. The molecule has 0 spiro atoms. The normalized spacial score (nSPS) is 11.6. The highest BCUT2D eigenvalue weighted by Gasteiger charge is 2.24. The van der Waals surface area contributed by atoms with E-state index in [-0.39, 0.29) is 10.8 Å². The predicted molar refractivity (Wildman–Crippen MR) is 110 cm³/mol. The van der Waals surface area contributed by atoms with Crippen molar-refractivity contribution in [1.29, 1.82) is 0 Å². The van der Waals surface area contributed by atoms with Gasteiger partial charge in [0.25, 0.3) is 5.91 Å². The van der Waals surface area contributed by atoms with Gasteiger partial charge in [-0.05, 0) is 62.1 Å². The molecule has 0 aliphatic rings. The molecule has 0 unspecified atom stereocenters. The van der Waals surface area contributed by atoms with Crippen LogP contribution in [0, 0.1) is 13.8 Å². The Kier molecular flexibility index (Phi) is 7.16. The lowest BCUT2D eigenvalue weighted by atomic mass is 10.1. The van der Waals surface area contributed by atoms with Crippen molar-refractivity contribution in [1.82, 2.24) is 4.31 Å². The van der Waals surface area contributed by atoms with Crippen molar-refractivity contribution >= 4 is 21.6 Å². The number of nitrogens with zero attached hydrogens (tertiary/aromatic N) is 1. The van der Waals surface area contributed by atoms with Crippen molar-refractivity contribution in [3.05, 3.63) is 59.2 Å². The van der Waals surface area contributed by atoms with Gasteiger partial charge < -0.3 is 5.32 Å². The molecule has 0 aliphatic carbocycles. The predicted octanol–water partition coefficient (Wildman–Crippen LogP) is 4.37. The summed E-state index contributed by atoms with van der Waals surface area (Å²) in [5.41, 5.74) is 3.13. The van der Waals surface area contributed by atoms with Crippen LogP contribution in [0.25, 0.3) is 0 Å². The van der Waals surface area contributed by atoms with E-state index in [0.29, 0.717) is 18.7 Å². The Morgan fingerprint density at radius 1 is 1.00 bits per heavy atom. The molecule has 0 aromatic heterocycles. The maximum atomic E-state index is 12.9. The van der Waals surface area contributed by atoms with Crippen LogP contribution < -0.4 is 5.32 Å². The van der Waals surface area contributed by atoms with Gasteiger partial charge >= 0.3 is 0 Å². The molecule has 2 aromatic rings. The molecular formula is C21H28N2O3S. The molecule has 2 aromatic carbocycles. The largest absolute Gasteiger partial charge is 0.322 e. The lowest BCUT2D eigenvalue weighted by Gasteiger charge is -2.21. The zero-order chi connectivity index (χ0) is 20.0. The van der Waals surface area contributed by atoms with Crippen LogP contribution in [0.3, 0.4) is 0 Å². The molecule has 1 amide bonds. The summed E-state index contributed by atoms with van der Waals surface area (Å²) in [7, 11) is -3.62. The first-order valence-corrected chi connectivity index (χ1v) is 10.7. The van der Waals surface area contributed by atoms with Gasteiger partial charge in [0.15, 0.2) is 0 Å². The third kappa shape index (κ3) is 4.96. The number of amides is 1. The van der Waals surface area contributed by atoms with Gasteiger partial charge in [0.05, 0.1) is 4.90 Å². The molecule has 0 fully saturated rings. The summed E-state index contributed by atoms with van der Waals surface area (Å²) in [6.45, 7) is 8.76. The Bertz CT molecular complexity index is 901. The first-order valence-electron chi connectivity index (χ1n) is 9.29. The molecule has 0 atom stereocenters. The average Bonchev–Trinajstić information content (AvgIpc) is 2.65. The molecule has 27 heavy (non-hydrogen) atoms. The van der Waals surface area contributed by atoms with Crippen LogP contribution in [-0.4, -0.2) is 31.7 Å².